The van der Waals surface area contributed by atoms with E-state index in [0.29, 0.717) is 24.5 Å². The molecule has 1 fully saturated rings. The maximum Gasteiger partial charge on any atom is 0.325 e. The van der Waals surface area contributed by atoms with Gasteiger partial charge in [-0.25, -0.2) is 0 Å². The Morgan fingerprint density at radius 1 is 1.39 bits per heavy atom. The molecule has 1 aliphatic rings. The van der Waals surface area contributed by atoms with Gasteiger partial charge in [0.1, 0.15) is 11.9 Å². The highest BCUT2D eigenvalue weighted by Gasteiger charge is 2.32. The molecule has 0 aliphatic carbocycles. The Morgan fingerprint density at radius 3 is 2.87 bits per heavy atom. The van der Waals surface area contributed by atoms with Gasteiger partial charge >= 0.3 is 5.97 Å². The fraction of sp³-hybridized carbons (Fsp3) is 0.500. The highest BCUT2D eigenvalue weighted by Crippen LogP contribution is 2.40. The van der Waals surface area contributed by atoms with Gasteiger partial charge in [-0.2, -0.15) is 0 Å². The van der Waals surface area contributed by atoms with E-state index in [2.05, 4.69) is 0 Å². The first-order chi connectivity index (χ1) is 11.1. The molecule has 126 valence electrons. The summed E-state index contributed by atoms with van der Waals surface area (Å²) >= 11 is 1.58. The number of benzene rings is 1. The highest BCUT2D eigenvalue weighted by molar-refractivity contribution is 7.99. The molecule has 1 atom stereocenters. The number of aromatic hydroxyl groups is 1. The molecule has 1 unspecified atom stereocenters. The zero-order valence-electron chi connectivity index (χ0n) is 13.3. The van der Waals surface area contributed by atoms with Crippen LogP contribution in [-0.2, 0) is 14.3 Å². The van der Waals surface area contributed by atoms with E-state index in [4.69, 9.17) is 9.47 Å². The second-order valence-corrected chi connectivity index (χ2v) is 6.15. The van der Waals surface area contributed by atoms with Crippen molar-refractivity contribution in [2.24, 2.45) is 0 Å². The maximum atomic E-state index is 12.2. The van der Waals surface area contributed by atoms with Gasteiger partial charge in [0.15, 0.2) is 11.5 Å². The first-order valence-corrected chi connectivity index (χ1v) is 8.64. The number of hydrogen-bond donors (Lipinski definition) is 1. The van der Waals surface area contributed by atoms with Gasteiger partial charge in [-0.3, -0.25) is 9.59 Å². The van der Waals surface area contributed by atoms with E-state index >= 15 is 0 Å². The summed E-state index contributed by atoms with van der Waals surface area (Å²) in [5.74, 6) is 0.623. The van der Waals surface area contributed by atoms with Crippen molar-refractivity contribution in [3.63, 3.8) is 0 Å². The van der Waals surface area contributed by atoms with Gasteiger partial charge in [0.05, 0.1) is 13.2 Å². The Balaban J connectivity index is 2.25. The van der Waals surface area contributed by atoms with Crippen molar-refractivity contribution >= 4 is 23.6 Å². The Bertz CT molecular complexity index is 578. The molecule has 0 spiro atoms. The van der Waals surface area contributed by atoms with Gasteiger partial charge in [-0.05, 0) is 31.5 Å². The molecule has 0 saturated carbocycles. The van der Waals surface area contributed by atoms with Crippen molar-refractivity contribution in [3.8, 4) is 11.5 Å². The predicted molar refractivity (Wildman–Crippen MR) is 87.4 cm³/mol. The van der Waals surface area contributed by atoms with Crippen LogP contribution in [0.5, 0.6) is 11.5 Å². The molecule has 1 N–H and O–H groups in total. The van der Waals surface area contributed by atoms with Crippen molar-refractivity contribution in [2.75, 3.05) is 25.5 Å². The molecule has 0 aromatic heterocycles. The number of carbonyl (C=O) groups is 2. The smallest absolute Gasteiger partial charge is 0.325 e. The molecule has 0 bridgehead atoms. The van der Waals surface area contributed by atoms with E-state index in [1.165, 1.54) is 4.90 Å². The third-order valence-electron chi connectivity index (χ3n) is 3.37. The Labute approximate surface area is 139 Å². The number of rotatable bonds is 6. The molecule has 1 saturated heterocycles. The summed E-state index contributed by atoms with van der Waals surface area (Å²) in [6.07, 6.45) is 0.400. The molecule has 1 amide bonds. The summed E-state index contributed by atoms with van der Waals surface area (Å²) in [5.41, 5.74) is 0.814. The molecule has 23 heavy (non-hydrogen) atoms. The van der Waals surface area contributed by atoms with Gasteiger partial charge in [0, 0.05) is 12.2 Å². The van der Waals surface area contributed by atoms with Gasteiger partial charge in [-0.15, -0.1) is 11.8 Å². The standard InChI is InChI=1S/C16H21NO5S/c1-3-21-13-9-11(5-6-12(13)18)16-17(10-15(20)22-4-2)14(19)7-8-23-16/h5-6,9,16,18H,3-4,7-8,10H2,1-2H3. The first-order valence-electron chi connectivity index (χ1n) is 7.59. The van der Waals surface area contributed by atoms with Crippen LogP contribution in [0, 0.1) is 0 Å². The molecule has 1 aromatic carbocycles. The molecule has 6 nitrogen and oxygen atoms in total. The molecular weight excluding hydrogens is 318 g/mol. The van der Waals surface area contributed by atoms with Crippen LogP contribution in [-0.4, -0.2) is 47.4 Å². The lowest BCUT2D eigenvalue weighted by molar-refractivity contribution is -0.149. The maximum absolute atomic E-state index is 12.2. The number of ether oxygens (including phenoxy) is 2. The van der Waals surface area contributed by atoms with Crippen molar-refractivity contribution in [2.45, 2.75) is 25.6 Å². The van der Waals surface area contributed by atoms with Crippen molar-refractivity contribution in [1.29, 1.82) is 0 Å². The number of nitrogens with zero attached hydrogens (tertiary/aromatic N) is 1. The van der Waals surface area contributed by atoms with Crippen LogP contribution in [0.3, 0.4) is 0 Å². The number of carbonyl (C=O) groups excluding carboxylic acids is 2. The number of phenols is 1. The van der Waals surface area contributed by atoms with Crippen LogP contribution in [0.1, 0.15) is 31.2 Å². The minimum Gasteiger partial charge on any atom is -0.504 e. The minimum atomic E-state index is -0.419. The van der Waals surface area contributed by atoms with Crippen LogP contribution in [0.15, 0.2) is 18.2 Å². The largest absolute Gasteiger partial charge is 0.504 e. The van der Waals surface area contributed by atoms with E-state index in [-0.39, 0.29) is 30.2 Å². The lowest BCUT2D eigenvalue weighted by Crippen LogP contribution is -2.41. The quantitative estimate of drug-likeness (QED) is 0.802. The van der Waals surface area contributed by atoms with E-state index < -0.39 is 5.97 Å². The van der Waals surface area contributed by atoms with Crippen molar-refractivity contribution < 1.29 is 24.2 Å². The number of hydrogen-bond acceptors (Lipinski definition) is 6. The van der Waals surface area contributed by atoms with E-state index in [1.807, 2.05) is 6.92 Å². The molecular formula is C16H21NO5S. The Morgan fingerprint density at radius 2 is 2.17 bits per heavy atom. The minimum absolute atomic E-state index is 0.0553. The highest BCUT2D eigenvalue weighted by atomic mass is 32.2. The molecule has 0 radical (unpaired) electrons. The fourth-order valence-electron chi connectivity index (χ4n) is 2.37. The fourth-order valence-corrected chi connectivity index (χ4v) is 3.60. The third-order valence-corrected chi connectivity index (χ3v) is 4.65. The summed E-state index contributed by atoms with van der Waals surface area (Å²) in [7, 11) is 0. The number of phenolic OH excluding ortho intramolecular Hbond substituents is 1. The van der Waals surface area contributed by atoms with Crippen LogP contribution in [0.4, 0.5) is 0 Å². The van der Waals surface area contributed by atoms with Crippen LogP contribution in [0.2, 0.25) is 0 Å². The summed E-state index contributed by atoms with van der Waals surface area (Å²) in [5, 5.41) is 9.52. The Kier molecular flexibility index (Phi) is 6.15. The van der Waals surface area contributed by atoms with E-state index in [1.54, 1.807) is 36.9 Å². The zero-order valence-corrected chi connectivity index (χ0v) is 14.1. The number of amides is 1. The van der Waals surface area contributed by atoms with Gasteiger partial charge in [0.25, 0.3) is 0 Å². The summed E-state index contributed by atoms with van der Waals surface area (Å²) in [4.78, 5) is 25.5. The second-order valence-electron chi connectivity index (χ2n) is 4.96. The van der Waals surface area contributed by atoms with Crippen molar-refractivity contribution in [1.82, 2.24) is 4.90 Å². The van der Waals surface area contributed by atoms with Gasteiger partial charge in [-0.1, -0.05) is 6.07 Å². The second kappa shape index (κ2) is 8.10. The lowest BCUT2D eigenvalue weighted by Gasteiger charge is -2.34. The lowest BCUT2D eigenvalue weighted by atomic mass is 10.1. The Hall–Kier alpha value is -1.89. The topological polar surface area (TPSA) is 76.1 Å². The monoisotopic (exact) mass is 339 g/mol. The number of thioether (sulfide) groups is 1. The SMILES string of the molecule is CCOC(=O)CN1C(=O)CCSC1c1ccc(O)c(OCC)c1. The van der Waals surface area contributed by atoms with E-state index in [0.717, 1.165) is 5.56 Å². The van der Waals surface area contributed by atoms with Gasteiger partial charge in [0.2, 0.25) is 5.91 Å². The average molecular weight is 339 g/mol. The summed E-state index contributed by atoms with van der Waals surface area (Å²) < 4.78 is 10.3. The summed E-state index contributed by atoms with van der Waals surface area (Å²) in [6, 6.07) is 5.00. The summed E-state index contributed by atoms with van der Waals surface area (Å²) in [6.45, 7) is 4.20. The van der Waals surface area contributed by atoms with Crippen molar-refractivity contribution in [3.05, 3.63) is 23.8 Å². The van der Waals surface area contributed by atoms with Crippen LogP contribution >= 0.6 is 11.8 Å². The zero-order chi connectivity index (χ0) is 16.8. The average Bonchev–Trinajstić information content (AvgIpc) is 2.52. The molecule has 2 rings (SSSR count). The normalized spacial score (nSPS) is 17.9. The molecule has 1 heterocycles. The van der Waals surface area contributed by atoms with Crippen LogP contribution < -0.4 is 4.74 Å². The van der Waals surface area contributed by atoms with Crippen LogP contribution in [0.25, 0.3) is 0 Å². The first kappa shape index (κ1) is 17.5. The third kappa shape index (κ3) is 4.31. The van der Waals surface area contributed by atoms with Gasteiger partial charge < -0.3 is 19.5 Å². The molecule has 1 aromatic rings. The predicted octanol–water partition coefficient (Wildman–Crippen LogP) is 2.32. The van der Waals surface area contributed by atoms with E-state index in [9.17, 15) is 14.7 Å². The number of esters is 1. The molecule has 7 heteroatoms. The molecule has 1 aliphatic heterocycles.